The van der Waals surface area contributed by atoms with Crippen molar-refractivity contribution in [3.63, 3.8) is 0 Å². The molecule has 0 bridgehead atoms. The molecule has 28 heavy (non-hydrogen) atoms. The van der Waals surface area contributed by atoms with E-state index < -0.39 is 20.0 Å². The van der Waals surface area contributed by atoms with E-state index in [9.17, 15) is 16.8 Å². The number of nitrogens with zero attached hydrogens (tertiary/aromatic N) is 2. The van der Waals surface area contributed by atoms with Crippen molar-refractivity contribution in [1.29, 1.82) is 0 Å². The van der Waals surface area contributed by atoms with E-state index >= 15 is 0 Å². The molecule has 0 aliphatic rings. The van der Waals surface area contributed by atoms with Gasteiger partial charge in [0.2, 0.25) is 10.0 Å². The Hall–Kier alpha value is -2.14. The van der Waals surface area contributed by atoms with E-state index in [1.807, 2.05) is 0 Å². The fraction of sp³-hybridized carbons (Fsp3) is 0.235. The normalized spacial score (nSPS) is 12.6. The molecule has 8 nitrogen and oxygen atoms in total. The van der Waals surface area contributed by atoms with Crippen LogP contribution in [0, 0.1) is 0 Å². The van der Waals surface area contributed by atoms with Crippen LogP contribution in [0.25, 0.3) is 11.0 Å². The summed E-state index contributed by atoms with van der Waals surface area (Å²) in [5.41, 5.74) is 0.525. The molecule has 2 N–H and O–H groups in total. The highest BCUT2D eigenvalue weighted by Gasteiger charge is 2.26. The summed E-state index contributed by atoms with van der Waals surface area (Å²) in [4.78, 5) is 6.73. The summed E-state index contributed by atoms with van der Waals surface area (Å²) < 4.78 is 54.9. The first-order valence-electron chi connectivity index (χ1n) is 8.45. The smallest absolute Gasteiger partial charge is 0.264 e. The molecule has 3 rings (SSSR count). The van der Waals surface area contributed by atoms with Crippen LogP contribution < -0.4 is 4.72 Å². The van der Waals surface area contributed by atoms with Crippen LogP contribution in [0.4, 0.5) is 5.69 Å². The predicted octanol–water partition coefficient (Wildman–Crippen LogP) is 3.05. The molecule has 0 spiro atoms. The maximum atomic E-state index is 12.8. The van der Waals surface area contributed by atoms with Crippen LogP contribution in [0.3, 0.4) is 0 Å². The fourth-order valence-corrected chi connectivity index (χ4v) is 6.00. The van der Waals surface area contributed by atoms with Gasteiger partial charge in [-0.1, -0.05) is 25.4 Å². The van der Waals surface area contributed by atoms with Gasteiger partial charge in [-0.15, -0.1) is 0 Å². The van der Waals surface area contributed by atoms with Crippen LogP contribution in [0.5, 0.6) is 0 Å². The third-order valence-electron chi connectivity index (χ3n) is 4.21. The van der Waals surface area contributed by atoms with Crippen LogP contribution in [0.15, 0.2) is 52.5 Å². The van der Waals surface area contributed by atoms with Crippen molar-refractivity contribution >= 4 is 48.4 Å². The number of aromatic nitrogens is 2. The largest absolute Gasteiger partial charge is 0.345 e. The van der Waals surface area contributed by atoms with Gasteiger partial charge in [-0.05, 0) is 30.3 Å². The highest BCUT2D eigenvalue weighted by atomic mass is 35.5. The molecular formula is C17H19ClN4O4S2. The number of fused-ring (bicyclic) bond motifs is 1. The highest BCUT2D eigenvalue weighted by Crippen LogP contribution is 2.30. The maximum absolute atomic E-state index is 12.8. The summed E-state index contributed by atoms with van der Waals surface area (Å²) >= 11 is 6.09. The number of H-pyrrole nitrogens is 1. The number of rotatable bonds is 7. The average Bonchev–Trinajstić information content (AvgIpc) is 3.09. The minimum Gasteiger partial charge on any atom is -0.345 e. The molecule has 0 fully saturated rings. The molecule has 0 aliphatic carbocycles. The Labute approximate surface area is 168 Å². The number of aromatic amines is 1. The molecule has 0 saturated carbocycles. The standard InChI is InChI=1S/C17H19ClN4O4S2/c1-3-22(4-2)28(25,26)15-10-12(7-8-14(15)18)21-27(23,24)16-11-20-17-13(16)6-5-9-19-17/h5-11,21H,3-4H2,1-2H3,(H,19,20). The first kappa shape index (κ1) is 20.6. The van der Waals surface area contributed by atoms with Crippen molar-refractivity contribution in [1.82, 2.24) is 14.3 Å². The van der Waals surface area contributed by atoms with Crippen molar-refractivity contribution in [3.8, 4) is 0 Å². The summed E-state index contributed by atoms with van der Waals surface area (Å²) in [6.07, 6.45) is 2.88. The summed E-state index contributed by atoms with van der Waals surface area (Å²) in [6.45, 7) is 3.97. The SMILES string of the molecule is CCN(CC)S(=O)(=O)c1cc(NS(=O)(=O)c2c[nH]c3ncccc23)ccc1Cl. The third kappa shape index (κ3) is 3.72. The summed E-state index contributed by atoms with van der Waals surface area (Å²) in [7, 11) is -7.82. The first-order chi connectivity index (χ1) is 13.2. The molecular weight excluding hydrogens is 424 g/mol. The Morgan fingerprint density at radius 1 is 1.11 bits per heavy atom. The zero-order valence-electron chi connectivity index (χ0n) is 15.2. The maximum Gasteiger partial charge on any atom is 0.264 e. The van der Waals surface area contributed by atoms with Crippen LogP contribution in [-0.2, 0) is 20.0 Å². The Morgan fingerprint density at radius 3 is 2.50 bits per heavy atom. The van der Waals surface area contributed by atoms with Gasteiger partial charge in [0.1, 0.15) is 15.4 Å². The number of anilines is 1. The van der Waals surface area contributed by atoms with E-state index in [0.29, 0.717) is 11.0 Å². The minimum absolute atomic E-state index is 0.0127. The lowest BCUT2D eigenvalue weighted by molar-refractivity contribution is 0.445. The molecule has 2 aromatic heterocycles. The van der Waals surface area contributed by atoms with Gasteiger partial charge in [0.25, 0.3) is 10.0 Å². The lowest BCUT2D eigenvalue weighted by Gasteiger charge is -2.19. The van der Waals surface area contributed by atoms with E-state index in [1.54, 1.807) is 32.2 Å². The van der Waals surface area contributed by atoms with Gasteiger partial charge >= 0.3 is 0 Å². The molecule has 3 aromatic rings. The molecule has 2 heterocycles. The number of hydrogen-bond acceptors (Lipinski definition) is 5. The van der Waals surface area contributed by atoms with E-state index in [0.717, 1.165) is 0 Å². The first-order valence-corrected chi connectivity index (χ1v) is 11.8. The minimum atomic E-state index is -3.98. The van der Waals surface area contributed by atoms with E-state index in [4.69, 9.17) is 11.6 Å². The van der Waals surface area contributed by atoms with E-state index in [1.165, 1.54) is 28.7 Å². The molecule has 0 unspecified atom stereocenters. The zero-order chi connectivity index (χ0) is 20.5. The van der Waals surface area contributed by atoms with Crippen molar-refractivity contribution < 1.29 is 16.8 Å². The third-order valence-corrected chi connectivity index (χ3v) is 8.16. The Morgan fingerprint density at radius 2 is 1.82 bits per heavy atom. The van der Waals surface area contributed by atoms with Gasteiger partial charge in [0.15, 0.2) is 0 Å². The van der Waals surface area contributed by atoms with Gasteiger partial charge in [-0.25, -0.2) is 21.8 Å². The molecule has 150 valence electrons. The zero-order valence-corrected chi connectivity index (χ0v) is 17.6. The number of hydrogen-bond donors (Lipinski definition) is 2. The van der Waals surface area contributed by atoms with Gasteiger partial charge in [-0.3, -0.25) is 4.72 Å². The van der Waals surface area contributed by atoms with Crippen molar-refractivity contribution in [2.45, 2.75) is 23.6 Å². The van der Waals surface area contributed by atoms with Gasteiger partial charge in [0.05, 0.1) is 10.7 Å². The predicted molar refractivity (Wildman–Crippen MR) is 108 cm³/mol. The average molecular weight is 443 g/mol. The van der Waals surface area contributed by atoms with Gasteiger partial charge in [0, 0.05) is 30.9 Å². The van der Waals surface area contributed by atoms with Crippen molar-refractivity contribution in [2.75, 3.05) is 17.8 Å². The molecule has 11 heteroatoms. The van der Waals surface area contributed by atoms with Crippen LogP contribution in [0.1, 0.15) is 13.8 Å². The van der Waals surface area contributed by atoms with E-state index in [-0.39, 0.29) is 33.6 Å². The summed E-state index contributed by atoms with van der Waals surface area (Å²) in [5, 5.41) is 0.450. The second-order valence-corrected chi connectivity index (χ2v) is 9.86. The topological polar surface area (TPSA) is 112 Å². The Balaban J connectivity index is 2.02. The molecule has 0 radical (unpaired) electrons. The lowest BCUT2D eigenvalue weighted by Crippen LogP contribution is -2.30. The Bertz CT molecular complexity index is 1220. The molecule has 0 aliphatic heterocycles. The van der Waals surface area contributed by atoms with Gasteiger partial charge < -0.3 is 4.98 Å². The number of sulfonamides is 2. The summed E-state index contributed by atoms with van der Waals surface area (Å²) in [5.74, 6) is 0. The molecule has 0 atom stereocenters. The second-order valence-electron chi connectivity index (χ2n) is 5.89. The highest BCUT2D eigenvalue weighted by molar-refractivity contribution is 7.93. The molecule has 0 amide bonds. The van der Waals surface area contributed by atoms with Crippen molar-refractivity contribution in [2.24, 2.45) is 0 Å². The lowest BCUT2D eigenvalue weighted by atomic mass is 10.3. The van der Waals surface area contributed by atoms with Crippen LogP contribution >= 0.6 is 11.6 Å². The van der Waals surface area contributed by atoms with Gasteiger partial charge in [-0.2, -0.15) is 4.31 Å². The quantitative estimate of drug-likeness (QED) is 0.584. The van der Waals surface area contributed by atoms with Crippen molar-refractivity contribution in [3.05, 3.63) is 47.7 Å². The number of pyridine rings is 1. The molecule has 1 aromatic carbocycles. The molecule has 0 saturated heterocycles. The Kier molecular flexibility index (Phi) is 5.67. The summed E-state index contributed by atoms with van der Waals surface area (Å²) in [6, 6.07) is 7.25. The number of halogens is 1. The second kappa shape index (κ2) is 7.70. The van der Waals surface area contributed by atoms with E-state index in [2.05, 4.69) is 14.7 Å². The monoisotopic (exact) mass is 442 g/mol. The fourth-order valence-electron chi connectivity index (χ4n) is 2.83. The number of nitrogens with one attached hydrogen (secondary N) is 2. The number of benzene rings is 1. The van der Waals surface area contributed by atoms with Crippen LogP contribution in [-0.4, -0.2) is 44.2 Å². The van der Waals surface area contributed by atoms with Crippen LogP contribution in [0.2, 0.25) is 5.02 Å².